The van der Waals surface area contributed by atoms with Crippen LogP contribution in [0, 0.1) is 0 Å². The SMILES string of the molecule is C=CCN=CCC.CC/C=N\CN. The maximum Gasteiger partial charge on any atom is 0.0855 e. The summed E-state index contributed by atoms with van der Waals surface area (Å²) in [6, 6.07) is 0. The molecule has 0 unspecified atom stereocenters. The van der Waals surface area contributed by atoms with Crippen molar-refractivity contribution in [3.8, 4) is 0 Å². The molecule has 0 saturated carbocycles. The molecule has 0 bridgehead atoms. The van der Waals surface area contributed by atoms with Crippen LogP contribution in [0.3, 0.4) is 0 Å². The molecule has 0 aliphatic carbocycles. The van der Waals surface area contributed by atoms with Gasteiger partial charge in [-0.2, -0.15) is 0 Å². The molecule has 3 nitrogen and oxygen atoms in total. The monoisotopic (exact) mass is 183 g/mol. The predicted octanol–water partition coefficient (Wildman–Crippen LogP) is 2.04. The number of rotatable bonds is 5. The summed E-state index contributed by atoms with van der Waals surface area (Å²) in [6.07, 6.45) is 7.48. The zero-order valence-electron chi connectivity index (χ0n) is 8.74. The first-order valence-corrected chi connectivity index (χ1v) is 4.60. The minimum Gasteiger partial charge on any atom is -0.312 e. The van der Waals surface area contributed by atoms with Crippen molar-refractivity contribution in [2.24, 2.45) is 15.7 Å². The van der Waals surface area contributed by atoms with Gasteiger partial charge in [0.2, 0.25) is 0 Å². The van der Waals surface area contributed by atoms with Gasteiger partial charge in [0.25, 0.3) is 0 Å². The van der Waals surface area contributed by atoms with Crippen molar-refractivity contribution >= 4 is 12.4 Å². The standard InChI is InChI=1S/C6H11N.C4H10N2/c1-3-5-7-6-4-2;1-2-3-6-4-5/h3,6H,1,4-5H2,2H3;3H,2,4-5H2,1H3/b;6-3-. The van der Waals surface area contributed by atoms with E-state index in [1.165, 1.54) is 0 Å². The zero-order valence-corrected chi connectivity index (χ0v) is 8.74. The fourth-order valence-electron chi connectivity index (χ4n) is 0.482. The van der Waals surface area contributed by atoms with Gasteiger partial charge in [-0.05, 0) is 25.3 Å². The van der Waals surface area contributed by atoms with Crippen molar-refractivity contribution in [3.05, 3.63) is 12.7 Å². The lowest BCUT2D eigenvalue weighted by atomic mass is 10.5. The van der Waals surface area contributed by atoms with E-state index in [1.807, 2.05) is 13.1 Å². The molecule has 0 aliphatic heterocycles. The molecule has 2 N–H and O–H groups in total. The third-order valence-corrected chi connectivity index (χ3v) is 0.963. The Labute approximate surface area is 81.5 Å². The maximum atomic E-state index is 5.02. The Kier molecular flexibility index (Phi) is 19.3. The van der Waals surface area contributed by atoms with Crippen LogP contribution in [0.2, 0.25) is 0 Å². The first kappa shape index (κ1) is 14.6. The largest absolute Gasteiger partial charge is 0.312 e. The van der Waals surface area contributed by atoms with Gasteiger partial charge < -0.3 is 5.73 Å². The maximum absolute atomic E-state index is 5.02. The Balaban J connectivity index is 0. The molecule has 3 heteroatoms. The summed E-state index contributed by atoms with van der Waals surface area (Å²) in [6.45, 7) is 8.79. The number of nitrogens with zero attached hydrogens (tertiary/aromatic N) is 2. The molecule has 0 aromatic carbocycles. The van der Waals surface area contributed by atoms with E-state index in [1.54, 1.807) is 12.3 Å². The fraction of sp³-hybridized carbons (Fsp3) is 0.600. The lowest BCUT2D eigenvalue weighted by molar-refractivity contribution is 1.06. The van der Waals surface area contributed by atoms with Gasteiger partial charge >= 0.3 is 0 Å². The minimum absolute atomic E-state index is 0.424. The number of hydrogen-bond donors (Lipinski definition) is 1. The first-order chi connectivity index (χ1) is 6.33. The molecule has 0 saturated heterocycles. The zero-order chi connectivity index (χ0) is 10.4. The van der Waals surface area contributed by atoms with Crippen LogP contribution in [-0.4, -0.2) is 25.6 Å². The van der Waals surface area contributed by atoms with Crippen LogP contribution in [0.15, 0.2) is 22.6 Å². The molecule has 0 aromatic heterocycles. The lowest BCUT2D eigenvalue weighted by Gasteiger charge is -1.76. The second-order valence-corrected chi connectivity index (χ2v) is 2.20. The van der Waals surface area contributed by atoms with Gasteiger partial charge in [0.1, 0.15) is 0 Å². The second kappa shape index (κ2) is 17.2. The predicted molar refractivity (Wildman–Crippen MR) is 61.7 cm³/mol. The topological polar surface area (TPSA) is 50.7 Å². The van der Waals surface area contributed by atoms with Crippen LogP contribution < -0.4 is 5.73 Å². The van der Waals surface area contributed by atoms with Crippen molar-refractivity contribution in [1.82, 2.24) is 0 Å². The number of aliphatic imine (C=N–C) groups is 2. The summed E-state index contributed by atoms with van der Waals surface area (Å²) >= 11 is 0. The lowest BCUT2D eigenvalue weighted by Crippen LogP contribution is -1.92. The molecule has 0 amide bonds. The minimum atomic E-state index is 0.424. The highest BCUT2D eigenvalue weighted by Crippen LogP contribution is 1.70. The van der Waals surface area contributed by atoms with Crippen LogP contribution >= 0.6 is 0 Å². The van der Waals surface area contributed by atoms with E-state index in [2.05, 4.69) is 23.5 Å². The van der Waals surface area contributed by atoms with Gasteiger partial charge in [-0.15, -0.1) is 6.58 Å². The Morgan fingerprint density at radius 2 is 1.69 bits per heavy atom. The summed E-state index contributed by atoms with van der Waals surface area (Å²) in [7, 11) is 0. The first-order valence-electron chi connectivity index (χ1n) is 4.60. The van der Waals surface area contributed by atoms with Crippen molar-refractivity contribution in [2.45, 2.75) is 26.7 Å². The van der Waals surface area contributed by atoms with Crippen molar-refractivity contribution in [3.63, 3.8) is 0 Å². The Morgan fingerprint density at radius 3 is 2.00 bits per heavy atom. The van der Waals surface area contributed by atoms with E-state index in [0.29, 0.717) is 6.67 Å². The van der Waals surface area contributed by atoms with Gasteiger partial charge in [-0.3, -0.25) is 9.98 Å². The van der Waals surface area contributed by atoms with Gasteiger partial charge in [-0.1, -0.05) is 19.9 Å². The third-order valence-electron chi connectivity index (χ3n) is 0.963. The summed E-state index contributed by atoms with van der Waals surface area (Å²) in [5.74, 6) is 0. The van der Waals surface area contributed by atoms with E-state index in [-0.39, 0.29) is 0 Å². The highest BCUT2D eigenvalue weighted by atomic mass is 14.8. The summed E-state index contributed by atoms with van der Waals surface area (Å²) < 4.78 is 0. The van der Waals surface area contributed by atoms with Gasteiger partial charge in [0.05, 0.1) is 13.2 Å². The molecule has 76 valence electrons. The Bertz CT molecular complexity index is 133. The summed E-state index contributed by atoms with van der Waals surface area (Å²) in [5, 5.41) is 0. The van der Waals surface area contributed by atoms with E-state index < -0.39 is 0 Å². The van der Waals surface area contributed by atoms with E-state index >= 15 is 0 Å². The normalized spacial score (nSPS) is 10.1. The molecule has 0 rings (SSSR count). The molecule has 0 aromatic rings. The van der Waals surface area contributed by atoms with Crippen LogP contribution in [0.4, 0.5) is 0 Å². The van der Waals surface area contributed by atoms with Gasteiger partial charge in [0, 0.05) is 0 Å². The summed E-state index contributed by atoms with van der Waals surface area (Å²) in [4.78, 5) is 7.71. The molecule has 0 spiro atoms. The summed E-state index contributed by atoms with van der Waals surface area (Å²) in [5.41, 5.74) is 5.02. The smallest absolute Gasteiger partial charge is 0.0855 e. The Morgan fingerprint density at radius 1 is 1.15 bits per heavy atom. The van der Waals surface area contributed by atoms with Gasteiger partial charge in [-0.25, -0.2) is 0 Å². The molecule has 13 heavy (non-hydrogen) atoms. The molecule has 0 heterocycles. The molecule has 0 radical (unpaired) electrons. The van der Waals surface area contributed by atoms with Crippen LogP contribution in [0.25, 0.3) is 0 Å². The van der Waals surface area contributed by atoms with Gasteiger partial charge in [0.15, 0.2) is 0 Å². The average molecular weight is 183 g/mol. The van der Waals surface area contributed by atoms with Crippen LogP contribution in [0.5, 0.6) is 0 Å². The number of nitrogens with two attached hydrogens (primary N) is 1. The highest BCUT2D eigenvalue weighted by Gasteiger charge is 1.63. The van der Waals surface area contributed by atoms with Crippen LogP contribution in [-0.2, 0) is 0 Å². The molecule has 0 fully saturated rings. The third kappa shape index (κ3) is 24.7. The van der Waals surface area contributed by atoms with Crippen molar-refractivity contribution < 1.29 is 0 Å². The highest BCUT2D eigenvalue weighted by molar-refractivity contribution is 5.56. The molecule has 0 atom stereocenters. The quantitative estimate of drug-likeness (QED) is 0.514. The van der Waals surface area contributed by atoms with Crippen molar-refractivity contribution in [2.75, 3.05) is 13.2 Å². The van der Waals surface area contributed by atoms with Crippen molar-refractivity contribution in [1.29, 1.82) is 0 Å². The van der Waals surface area contributed by atoms with E-state index in [4.69, 9.17) is 5.73 Å². The number of hydrogen-bond acceptors (Lipinski definition) is 3. The second-order valence-electron chi connectivity index (χ2n) is 2.20. The molecular formula is C10H21N3. The van der Waals surface area contributed by atoms with E-state index in [9.17, 15) is 0 Å². The Hall–Kier alpha value is -0.960. The fourth-order valence-corrected chi connectivity index (χ4v) is 0.482. The van der Waals surface area contributed by atoms with E-state index in [0.717, 1.165) is 19.4 Å². The van der Waals surface area contributed by atoms with Crippen LogP contribution in [0.1, 0.15) is 26.7 Å². The molecular weight excluding hydrogens is 162 g/mol. The molecule has 0 aliphatic rings. The average Bonchev–Trinajstić information content (AvgIpc) is 2.17.